The monoisotopic (exact) mass is 311 g/mol. The van der Waals surface area contributed by atoms with Gasteiger partial charge >= 0.3 is 11.7 Å². The molecule has 116 valence electrons. The molecule has 0 bridgehead atoms. The van der Waals surface area contributed by atoms with Crippen LogP contribution in [-0.4, -0.2) is 33.0 Å². The molecule has 0 aliphatic carbocycles. The zero-order chi connectivity index (χ0) is 16.2. The first-order valence-corrected chi connectivity index (χ1v) is 6.93. The van der Waals surface area contributed by atoms with E-state index < -0.39 is 11.7 Å². The van der Waals surface area contributed by atoms with Crippen LogP contribution in [0.5, 0.6) is 0 Å². The van der Waals surface area contributed by atoms with Crippen molar-refractivity contribution in [2.45, 2.75) is 6.42 Å². The third-order valence-corrected chi connectivity index (χ3v) is 3.26. The van der Waals surface area contributed by atoms with E-state index in [0.717, 1.165) is 5.56 Å². The summed E-state index contributed by atoms with van der Waals surface area (Å²) in [5.41, 5.74) is 0.981. The Bertz CT molecular complexity index is 912. The van der Waals surface area contributed by atoms with Gasteiger partial charge in [0, 0.05) is 12.6 Å². The highest BCUT2D eigenvalue weighted by atomic mass is 16.5. The number of ketones is 1. The molecule has 0 amide bonds. The Labute approximate surface area is 130 Å². The van der Waals surface area contributed by atoms with E-state index in [4.69, 9.17) is 4.74 Å². The number of esters is 1. The van der Waals surface area contributed by atoms with Crippen molar-refractivity contribution in [3.63, 3.8) is 0 Å². The van der Waals surface area contributed by atoms with Gasteiger partial charge in [0.25, 0.3) is 0 Å². The summed E-state index contributed by atoms with van der Waals surface area (Å²) >= 11 is 0. The van der Waals surface area contributed by atoms with Gasteiger partial charge in [0.2, 0.25) is 0 Å². The largest absolute Gasteiger partial charge is 0.454 e. The van der Waals surface area contributed by atoms with E-state index in [1.165, 1.54) is 22.7 Å². The van der Waals surface area contributed by atoms with Gasteiger partial charge in [0.1, 0.15) is 0 Å². The number of hydrogen-bond donors (Lipinski definition) is 1. The van der Waals surface area contributed by atoms with E-state index in [0.29, 0.717) is 5.65 Å². The van der Waals surface area contributed by atoms with Crippen LogP contribution in [-0.2, 0) is 16.0 Å². The number of rotatable bonds is 5. The fourth-order valence-electron chi connectivity index (χ4n) is 2.13. The summed E-state index contributed by atoms with van der Waals surface area (Å²) in [6.07, 6.45) is 1.53. The number of Topliss-reactive ketones (excluding diaryl/α,β-unsaturated/α-hetero) is 1. The predicted octanol–water partition coefficient (Wildman–Crippen LogP) is 0.991. The highest BCUT2D eigenvalue weighted by molar-refractivity contribution is 5.92. The average Bonchev–Trinajstić information content (AvgIpc) is 2.94. The van der Waals surface area contributed by atoms with Gasteiger partial charge in [0.05, 0.1) is 5.56 Å². The van der Waals surface area contributed by atoms with Gasteiger partial charge in [-0.25, -0.2) is 19.1 Å². The second-order valence-corrected chi connectivity index (χ2v) is 4.95. The number of ether oxygens (including phenoxy) is 1. The van der Waals surface area contributed by atoms with Crippen molar-refractivity contribution in [2.75, 3.05) is 6.61 Å². The van der Waals surface area contributed by atoms with Crippen molar-refractivity contribution in [3.05, 3.63) is 70.3 Å². The van der Waals surface area contributed by atoms with Gasteiger partial charge in [-0.3, -0.25) is 4.79 Å². The SMILES string of the molecule is O=C(COC(=O)c1ccc2n[nH]c(=O)n2c1)Cc1ccccc1. The molecule has 1 aromatic carbocycles. The lowest BCUT2D eigenvalue weighted by Gasteiger charge is -2.05. The number of carbonyl (C=O) groups is 2. The van der Waals surface area contributed by atoms with Crippen LogP contribution in [0.4, 0.5) is 0 Å². The van der Waals surface area contributed by atoms with E-state index in [-0.39, 0.29) is 24.4 Å². The molecule has 1 N–H and O–H groups in total. The topological polar surface area (TPSA) is 93.5 Å². The molecule has 0 saturated carbocycles. The van der Waals surface area contributed by atoms with E-state index in [1.807, 2.05) is 30.3 Å². The molecule has 0 aliphatic heterocycles. The minimum absolute atomic E-state index is 0.175. The zero-order valence-corrected chi connectivity index (χ0v) is 12.1. The lowest BCUT2D eigenvalue weighted by molar-refractivity contribution is -0.121. The van der Waals surface area contributed by atoms with Crippen LogP contribution < -0.4 is 5.69 Å². The highest BCUT2D eigenvalue weighted by Gasteiger charge is 2.12. The summed E-state index contributed by atoms with van der Waals surface area (Å²) in [7, 11) is 0. The van der Waals surface area contributed by atoms with Crippen LogP contribution >= 0.6 is 0 Å². The van der Waals surface area contributed by atoms with E-state index >= 15 is 0 Å². The van der Waals surface area contributed by atoms with Crippen LogP contribution in [0.25, 0.3) is 5.65 Å². The number of aromatic amines is 1. The van der Waals surface area contributed by atoms with Gasteiger partial charge in [-0.1, -0.05) is 30.3 Å². The summed E-state index contributed by atoms with van der Waals surface area (Å²) in [5, 5.41) is 6.03. The fraction of sp³-hybridized carbons (Fsp3) is 0.125. The van der Waals surface area contributed by atoms with Crippen molar-refractivity contribution in [3.8, 4) is 0 Å². The molecule has 7 nitrogen and oxygen atoms in total. The maximum Gasteiger partial charge on any atom is 0.347 e. The highest BCUT2D eigenvalue weighted by Crippen LogP contribution is 2.05. The van der Waals surface area contributed by atoms with Gasteiger partial charge in [-0.2, -0.15) is 5.10 Å². The summed E-state index contributed by atoms with van der Waals surface area (Å²) < 4.78 is 6.19. The minimum Gasteiger partial charge on any atom is -0.454 e. The molecule has 0 spiro atoms. The van der Waals surface area contributed by atoms with Crippen LogP contribution in [0.3, 0.4) is 0 Å². The van der Waals surface area contributed by atoms with Crippen LogP contribution in [0.15, 0.2) is 53.5 Å². The van der Waals surface area contributed by atoms with Crippen molar-refractivity contribution in [1.82, 2.24) is 14.6 Å². The van der Waals surface area contributed by atoms with Crippen molar-refractivity contribution >= 4 is 17.4 Å². The fourth-order valence-corrected chi connectivity index (χ4v) is 2.13. The minimum atomic E-state index is -0.665. The number of fused-ring (bicyclic) bond motifs is 1. The van der Waals surface area contributed by atoms with Crippen molar-refractivity contribution in [1.29, 1.82) is 0 Å². The Balaban J connectivity index is 1.63. The van der Waals surface area contributed by atoms with Crippen molar-refractivity contribution in [2.24, 2.45) is 0 Å². The number of benzene rings is 1. The quantitative estimate of drug-likeness (QED) is 0.709. The number of carbonyl (C=O) groups excluding carboxylic acids is 2. The Morgan fingerprint density at radius 1 is 1.13 bits per heavy atom. The average molecular weight is 311 g/mol. The Hall–Kier alpha value is -3.22. The number of aromatic nitrogens is 3. The second-order valence-electron chi connectivity index (χ2n) is 4.95. The number of nitrogens with one attached hydrogen (secondary N) is 1. The van der Waals surface area contributed by atoms with E-state index in [2.05, 4.69) is 10.2 Å². The standard InChI is InChI=1S/C16H13N3O4/c20-13(8-11-4-2-1-3-5-11)10-23-15(21)12-6-7-14-17-18-16(22)19(14)9-12/h1-7,9H,8,10H2,(H,18,22). The smallest absolute Gasteiger partial charge is 0.347 e. The van der Waals surface area contributed by atoms with Crippen molar-refractivity contribution < 1.29 is 14.3 Å². The summed E-state index contributed by atoms with van der Waals surface area (Å²) in [6, 6.07) is 12.2. The molecule has 2 heterocycles. The summed E-state index contributed by atoms with van der Waals surface area (Å²) in [6.45, 7) is -0.313. The first kappa shape index (κ1) is 14.7. The van der Waals surface area contributed by atoms with Crippen LogP contribution in [0, 0.1) is 0 Å². The lowest BCUT2D eigenvalue weighted by atomic mass is 10.1. The Morgan fingerprint density at radius 2 is 1.91 bits per heavy atom. The van der Waals surface area contributed by atoms with Gasteiger partial charge < -0.3 is 4.74 Å². The number of nitrogens with zero attached hydrogens (tertiary/aromatic N) is 2. The van der Waals surface area contributed by atoms with Crippen LogP contribution in [0.1, 0.15) is 15.9 Å². The van der Waals surface area contributed by atoms with E-state index in [1.54, 1.807) is 0 Å². The first-order chi connectivity index (χ1) is 11.1. The molecule has 0 radical (unpaired) electrons. The summed E-state index contributed by atoms with van der Waals surface area (Å²) in [5.74, 6) is -0.868. The van der Waals surface area contributed by atoms with Gasteiger partial charge in [-0.05, 0) is 17.7 Å². The molecule has 7 heteroatoms. The predicted molar refractivity (Wildman–Crippen MR) is 81.2 cm³/mol. The third-order valence-electron chi connectivity index (χ3n) is 3.26. The first-order valence-electron chi connectivity index (χ1n) is 6.93. The number of H-pyrrole nitrogens is 1. The molecule has 3 aromatic rings. The zero-order valence-electron chi connectivity index (χ0n) is 12.1. The molecule has 0 atom stereocenters. The van der Waals surface area contributed by atoms with Gasteiger partial charge in [0.15, 0.2) is 18.0 Å². The van der Waals surface area contributed by atoms with Gasteiger partial charge in [-0.15, -0.1) is 0 Å². The molecule has 0 unspecified atom stereocenters. The summed E-state index contributed by atoms with van der Waals surface area (Å²) in [4.78, 5) is 35.2. The van der Waals surface area contributed by atoms with Crippen LogP contribution in [0.2, 0.25) is 0 Å². The lowest BCUT2D eigenvalue weighted by Crippen LogP contribution is -2.17. The maximum atomic E-state index is 12.0. The molecular formula is C16H13N3O4. The third kappa shape index (κ3) is 3.34. The number of pyridine rings is 1. The molecular weight excluding hydrogens is 298 g/mol. The molecule has 2 aromatic heterocycles. The molecule has 23 heavy (non-hydrogen) atoms. The molecule has 0 aliphatic rings. The Morgan fingerprint density at radius 3 is 2.70 bits per heavy atom. The molecule has 0 saturated heterocycles. The maximum absolute atomic E-state index is 12.0. The molecule has 3 rings (SSSR count). The second kappa shape index (κ2) is 6.27. The molecule has 0 fully saturated rings. The normalized spacial score (nSPS) is 10.6. The Kier molecular flexibility index (Phi) is 4.01. The number of hydrogen-bond acceptors (Lipinski definition) is 5. The van der Waals surface area contributed by atoms with E-state index in [9.17, 15) is 14.4 Å².